The van der Waals surface area contributed by atoms with Crippen LogP contribution < -0.4 is 0 Å². The van der Waals surface area contributed by atoms with Crippen molar-refractivity contribution in [3.63, 3.8) is 0 Å². The van der Waals surface area contributed by atoms with Crippen molar-refractivity contribution >= 4 is 5.91 Å². The van der Waals surface area contributed by atoms with Crippen LogP contribution in [0.5, 0.6) is 0 Å². The molecule has 0 radical (unpaired) electrons. The van der Waals surface area contributed by atoms with Crippen molar-refractivity contribution in [2.75, 3.05) is 13.1 Å². The molecule has 3 aromatic rings. The van der Waals surface area contributed by atoms with Crippen molar-refractivity contribution in [3.05, 3.63) is 71.7 Å². The van der Waals surface area contributed by atoms with Crippen LogP contribution in [0.15, 0.2) is 54.7 Å². The summed E-state index contributed by atoms with van der Waals surface area (Å²) in [6.45, 7) is 3.45. The van der Waals surface area contributed by atoms with E-state index in [1.54, 1.807) is 6.20 Å². The normalized spacial score (nSPS) is 15.2. The van der Waals surface area contributed by atoms with Gasteiger partial charge in [0.25, 0.3) is 5.91 Å². The number of benzene rings is 1. The van der Waals surface area contributed by atoms with Crippen molar-refractivity contribution in [2.45, 2.75) is 25.7 Å². The van der Waals surface area contributed by atoms with Gasteiger partial charge in [-0.2, -0.15) is 5.10 Å². The summed E-state index contributed by atoms with van der Waals surface area (Å²) >= 11 is 0. The summed E-state index contributed by atoms with van der Waals surface area (Å²) in [5.41, 5.74) is 4.85. The third kappa shape index (κ3) is 3.38. The molecule has 0 aliphatic carbocycles. The second-order valence-corrected chi connectivity index (χ2v) is 6.83. The van der Waals surface area contributed by atoms with Crippen molar-refractivity contribution in [2.24, 2.45) is 0 Å². The summed E-state index contributed by atoms with van der Waals surface area (Å²) in [5, 5.41) is 7.65. The van der Waals surface area contributed by atoms with Crippen LogP contribution in [0.2, 0.25) is 0 Å². The van der Waals surface area contributed by atoms with E-state index in [9.17, 15) is 4.79 Å². The lowest BCUT2D eigenvalue weighted by atomic mass is 9.93. The molecule has 1 aromatic carbocycles. The molecule has 5 nitrogen and oxygen atoms in total. The Morgan fingerprint density at radius 1 is 1.12 bits per heavy atom. The van der Waals surface area contributed by atoms with Crippen molar-refractivity contribution < 1.29 is 4.79 Å². The zero-order valence-corrected chi connectivity index (χ0v) is 14.9. The second-order valence-electron chi connectivity index (χ2n) is 6.83. The van der Waals surface area contributed by atoms with E-state index in [-0.39, 0.29) is 5.91 Å². The highest BCUT2D eigenvalue weighted by molar-refractivity contribution is 5.94. The quantitative estimate of drug-likeness (QED) is 0.785. The molecule has 0 unspecified atom stereocenters. The summed E-state index contributed by atoms with van der Waals surface area (Å²) in [6.07, 6.45) is 3.56. The first-order valence-electron chi connectivity index (χ1n) is 9.03. The van der Waals surface area contributed by atoms with E-state index in [4.69, 9.17) is 0 Å². The molecule has 1 N–H and O–H groups in total. The fourth-order valence-electron chi connectivity index (χ4n) is 3.47. The number of aromatic amines is 1. The average Bonchev–Trinajstić information content (AvgIpc) is 3.19. The topological polar surface area (TPSA) is 61.9 Å². The van der Waals surface area contributed by atoms with Gasteiger partial charge in [0.2, 0.25) is 0 Å². The molecule has 1 aliphatic heterocycles. The molecule has 4 rings (SSSR count). The number of aryl methyl sites for hydroxylation is 1. The maximum atomic E-state index is 12.6. The lowest BCUT2D eigenvalue weighted by Crippen LogP contribution is -2.38. The number of pyridine rings is 1. The lowest BCUT2D eigenvalue weighted by Gasteiger charge is -2.31. The summed E-state index contributed by atoms with van der Waals surface area (Å²) < 4.78 is 0. The van der Waals surface area contributed by atoms with Gasteiger partial charge in [0, 0.05) is 42.2 Å². The molecule has 1 amide bonds. The molecule has 1 fully saturated rings. The van der Waals surface area contributed by atoms with Gasteiger partial charge in [-0.25, -0.2) is 0 Å². The smallest absolute Gasteiger partial charge is 0.255 e. The zero-order valence-electron chi connectivity index (χ0n) is 14.9. The SMILES string of the molecule is Cc1ccc(C(=O)N2CCC(c3cc(-c4ccccc4)n[nH]3)CC2)cn1. The fraction of sp³-hybridized carbons (Fsp3) is 0.286. The van der Waals surface area contributed by atoms with E-state index >= 15 is 0 Å². The van der Waals surface area contributed by atoms with Gasteiger partial charge in [-0.05, 0) is 38.0 Å². The molecular weight excluding hydrogens is 324 g/mol. The number of aromatic nitrogens is 3. The molecule has 3 heterocycles. The number of nitrogens with zero attached hydrogens (tertiary/aromatic N) is 3. The Hall–Kier alpha value is -2.95. The molecule has 1 saturated heterocycles. The van der Waals surface area contributed by atoms with E-state index in [2.05, 4.69) is 33.4 Å². The molecule has 0 saturated carbocycles. The van der Waals surface area contributed by atoms with E-state index in [0.717, 1.165) is 48.6 Å². The Balaban J connectivity index is 1.40. The molecular formula is C21H22N4O. The first kappa shape index (κ1) is 16.5. The Morgan fingerprint density at radius 3 is 2.58 bits per heavy atom. The van der Waals surface area contributed by atoms with Gasteiger partial charge in [0.15, 0.2) is 0 Å². The largest absolute Gasteiger partial charge is 0.339 e. The molecule has 0 bridgehead atoms. The summed E-state index contributed by atoms with van der Waals surface area (Å²) in [7, 11) is 0. The number of piperidine rings is 1. The standard InChI is InChI=1S/C21H22N4O/c1-15-7-8-18(14-22-15)21(26)25-11-9-17(10-12-25)20-13-19(23-24-20)16-5-3-2-4-6-16/h2-8,13-14,17H,9-12H2,1H3,(H,23,24). The number of hydrogen-bond donors (Lipinski definition) is 1. The minimum Gasteiger partial charge on any atom is -0.339 e. The number of H-pyrrole nitrogens is 1. The highest BCUT2D eigenvalue weighted by atomic mass is 16.2. The number of rotatable bonds is 3. The van der Waals surface area contributed by atoms with Crippen LogP contribution >= 0.6 is 0 Å². The van der Waals surface area contributed by atoms with Crippen LogP contribution in [0.25, 0.3) is 11.3 Å². The molecule has 2 aromatic heterocycles. The first-order chi connectivity index (χ1) is 12.7. The summed E-state index contributed by atoms with van der Waals surface area (Å²) in [4.78, 5) is 18.8. The van der Waals surface area contributed by atoms with Gasteiger partial charge in [-0.15, -0.1) is 0 Å². The third-order valence-corrected chi connectivity index (χ3v) is 5.05. The summed E-state index contributed by atoms with van der Waals surface area (Å²) in [5.74, 6) is 0.491. The Bertz CT molecular complexity index is 878. The number of nitrogens with one attached hydrogen (secondary N) is 1. The van der Waals surface area contributed by atoms with Crippen LogP contribution in [-0.2, 0) is 0 Å². The maximum absolute atomic E-state index is 12.6. The number of carbonyl (C=O) groups excluding carboxylic acids is 1. The predicted molar refractivity (Wildman–Crippen MR) is 101 cm³/mol. The second kappa shape index (κ2) is 7.12. The van der Waals surface area contributed by atoms with Gasteiger partial charge in [0.05, 0.1) is 11.3 Å². The lowest BCUT2D eigenvalue weighted by molar-refractivity contribution is 0.0711. The Labute approximate surface area is 153 Å². The van der Waals surface area contributed by atoms with Crippen molar-refractivity contribution in [1.82, 2.24) is 20.1 Å². The zero-order chi connectivity index (χ0) is 17.9. The van der Waals surface area contributed by atoms with Gasteiger partial charge in [-0.1, -0.05) is 30.3 Å². The number of likely N-dealkylation sites (tertiary alicyclic amines) is 1. The number of carbonyl (C=O) groups is 1. The average molecular weight is 346 g/mol. The van der Waals surface area contributed by atoms with E-state index in [1.165, 1.54) is 0 Å². The van der Waals surface area contributed by atoms with E-state index in [0.29, 0.717) is 11.5 Å². The Kier molecular flexibility index (Phi) is 4.52. The minimum atomic E-state index is 0.0746. The fourth-order valence-corrected chi connectivity index (χ4v) is 3.47. The van der Waals surface area contributed by atoms with Crippen LogP contribution in [0.4, 0.5) is 0 Å². The van der Waals surface area contributed by atoms with Crippen LogP contribution in [0.1, 0.15) is 40.5 Å². The van der Waals surface area contributed by atoms with E-state index < -0.39 is 0 Å². The van der Waals surface area contributed by atoms with Gasteiger partial charge < -0.3 is 4.90 Å². The highest BCUT2D eigenvalue weighted by Crippen LogP contribution is 2.29. The maximum Gasteiger partial charge on any atom is 0.255 e. The first-order valence-corrected chi connectivity index (χ1v) is 9.03. The van der Waals surface area contributed by atoms with Gasteiger partial charge in [-0.3, -0.25) is 14.9 Å². The van der Waals surface area contributed by atoms with Gasteiger partial charge >= 0.3 is 0 Å². The molecule has 1 aliphatic rings. The monoisotopic (exact) mass is 346 g/mol. The highest BCUT2D eigenvalue weighted by Gasteiger charge is 2.26. The number of hydrogen-bond acceptors (Lipinski definition) is 3. The molecule has 26 heavy (non-hydrogen) atoms. The van der Waals surface area contributed by atoms with Crippen molar-refractivity contribution in [3.8, 4) is 11.3 Å². The molecule has 132 valence electrons. The predicted octanol–water partition coefficient (Wildman–Crippen LogP) is 3.80. The Morgan fingerprint density at radius 2 is 1.88 bits per heavy atom. The molecule has 5 heteroatoms. The van der Waals surface area contributed by atoms with E-state index in [1.807, 2.05) is 42.2 Å². The third-order valence-electron chi connectivity index (χ3n) is 5.05. The van der Waals surface area contributed by atoms with Gasteiger partial charge in [0.1, 0.15) is 0 Å². The summed E-state index contributed by atoms with van der Waals surface area (Å²) in [6, 6.07) is 16.1. The van der Waals surface area contributed by atoms with Crippen molar-refractivity contribution in [1.29, 1.82) is 0 Å². The van der Waals surface area contributed by atoms with Crippen LogP contribution in [0.3, 0.4) is 0 Å². The van der Waals surface area contributed by atoms with Crippen LogP contribution in [0, 0.1) is 6.92 Å². The molecule has 0 spiro atoms. The molecule has 0 atom stereocenters. The number of amides is 1. The minimum absolute atomic E-state index is 0.0746. The van der Waals surface area contributed by atoms with Crippen LogP contribution in [-0.4, -0.2) is 39.1 Å².